The molecular formula is C30H28N2O6. The van der Waals surface area contributed by atoms with Crippen LogP contribution in [0.1, 0.15) is 37.8 Å². The molecule has 2 aliphatic heterocycles. The number of esters is 1. The Morgan fingerprint density at radius 2 is 2.11 bits per heavy atom. The molecule has 2 aliphatic carbocycles. The van der Waals surface area contributed by atoms with E-state index < -0.39 is 12.1 Å². The summed E-state index contributed by atoms with van der Waals surface area (Å²) in [4.78, 5) is 22.2. The number of pyridine rings is 1. The Bertz CT molecular complexity index is 1400. The SMILES string of the molecule is CC1(C)OC[C@H](ON=Cc2cccc(OC=C3C=CC4=C(C3)CC3C(=O)OCC3=C4c3cccnc3)c2)O1. The number of carbonyl (C=O) groups excluding carboxylic acids is 1. The molecule has 2 fully saturated rings. The number of carbonyl (C=O) groups is 1. The van der Waals surface area contributed by atoms with Gasteiger partial charge in [0, 0.05) is 18.0 Å². The molecule has 3 heterocycles. The Hall–Kier alpha value is -4.01. The van der Waals surface area contributed by atoms with Crippen LogP contribution in [0.25, 0.3) is 5.57 Å². The monoisotopic (exact) mass is 512 g/mol. The largest absolute Gasteiger partial charge is 0.465 e. The van der Waals surface area contributed by atoms with E-state index in [1.165, 1.54) is 5.57 Å². The zero-order chi connectivity index (χ0) is 26.1. The van der Waals surface area contributed by atoms with Gasteiger partial charge in [-0.25, -0.2) is 0 Å². The van der Waals surface area contributed by atoms with E-state index >= 15 is 0 Å². The van der Waals surface area contributed by atoms with Gasteiger partial charge >= 0.3 is 5.97 Å². The first kappa shape index (κ1) is 24.3. The fourth-order valence-electron chi connectivity index (χ4n) is 5.12. The summed E-state index contributed by atoms with van der Waals surface area (Å²) in [5.74, 6) is -0.369. The van der Waals surface area contributed by atoms with Gasteiger partial charge in [-0.1, -0.05) is 41.1 Å². The highest BCUT2D eigenvalue weighted by atomic mass is 16.9. The van der Waals surface area contributed by atoms with Gasteiger partial charge in [0.2, 0.25) is 0 Å². The predicted octanol–water partition coefficient (Wildman–Crippen LogP) is 5.09. The fraction of sp³-hybridized carbons (Fsp3) is 0.300. The molecule has 2 aromatic rings. The van der Waals surface area contributed by atoms with Crippen LogP contribution in [0, 0.1) is 5.92 Å². The van der Waals surface area contributed by atoms with Gasteiger partial charge in [0.25, 0.3) is 6.29 Å². The third kappa shape index (κ3) is 5.05. The van der Waals surface area contributed by atoms with Crippen molar-refractivity contribution in [2.24, 2.45) is 11.1 Å². The summed E-state index contributed by atoms with van der Waals surface area (Å²) in [6, 6.07) is 11.5. The summed E-state index contributed by atoms with van der Waals surface area (Å²) < 4.78 is 22.5. The summed E-state index contributed by atoms with van der Waals surface area (Å²) >= 11 is 0. The minimum absolute atomic E-state index is 0.150. The number of ether oxygens (including phenoxy) is 4. The Balaban J connectivity index is 1.15. The molecule has 0 bridgehead atoms. The number of allylic oxidation sites excluding steroid dienone is 6. The van der Waals surface area contributed by atoms with Gasteiger partial charge in [-0.3, -0.25) is 9.78 Å². The normalized spacial score (nSPS) is 25.1. The molecule has 0 N–H and O–H groups in total. The third-order valence-corrected chi connectivity index (χ3v) is 6.90. The molecule has 194 valence electrons. The highest BCUT2D eigenvalue weighted by molar-refractivity contribution is 5.94. The maximum Gasteiger partial charge on any atom is 0.313 e. The maximum atomic E-state index is 12.5. The summed E-state index contributed by atoms with van der Waals surface area (Å²) in [6.07, 6.45) is 12.0. The van der Waals surface area contributed by atoms with E-state index in [2.05, 4.69) is 22.3 Å². The Morgan fingerprint density at radius 3 is 2.92 bits per heavy atom. The molecule has 1 unspecified atom stereocenters. The second-order valence-electron chi connectivity index (χ2n) is 10.0. The van der Waals surface area contributed by atoms with Crippen molar-refractivity contribution >= 4 is 17.8 Å². The van der Waals surface area contributed by atoms with Crippen LogP contribution in [-0.2, 0) is 23.8 Å². The van der Waals surface area contributed by atoms with Crippen LogP contribution >= 0.6 is 0 Å². The lowest BCUT2D eigenvalue weighted by Crippen LogP contribution is -2.21. The van der Waals surface area contributed by atoms with Crippen molar-refractivity contribution in [2.75, 3.05) is 13.2 Å². The molecular weight excluding hydrogens is 484 g/mol. The lowest BCUT2D eigenvalue weighted by atomic mass is 9.74. The standard InChI is InChI=1S/C30H28N2O6/c1-30(2)36-18-27(37-30)38-32-14-19-5-3-7-23(12-19)34-16-20-8-9-24-22(11-20)13-25-26(17-35-29(25)33)28(24)21-6-4-10-31-15-21/h3-10,12,14-16,25,27H,11,13,17-18H2,1-2H3/t25?,27-/m0/s1. The van der Waals surface area contributed by atoms with Crippen LogP contribution in [0.5, 0.6) is 5.75 Å². The van der Waals surface area contributed by atoms with E-state index in [9.17, 15) is 4.79 Å². The number of hydrogen-bond donors (Lipinski definition) is 0. The van der Waals surface area contributed by atoms with Gasteiger partial charge in [0.15, 0.2) is 5.79 Å². The molecule has 4 aliphatic rings. The lowest BCUT2D eigenvalue weighted by Gasteiger charge is -2.28. The number of fused-ring (bicyclic) bond motifs is 1. The summed E-state index contributed by atoms with van der Waals surface area (Å²) in [6.45, 7) is 4.33. The highest BCUT2D eigenvalue weighted by Crippen LogP contribution is 2.46. The van der Waals surface area contributed by atoms with Gasteiger partial charge in [-0.2, -0.15) is 0 Å². The van der Waals surface area contributed by atoms with Crippen LogP contribution in [0.4, 0.5) is 0 Å². The van der Waals surface area contributed by atoms with Crippen LogP contribution in [-0.4, -0.2) is 42.5 Å². The number of oxime groups is 1. The van der Waals surface area contributed by atoms with E-state index in [0.717, 1.165) is 33.4 Å². The van der Waals surface area contributed by atoms with E-state index in [1.807, 2.05) is 56.4 Å². The molecule has 8 heteroatoms. The van der Waals surface area contributed by atoms with Gasteiger partial charge in [0.1, 0.15) is 19.0 Å². The van der Waals surface area contributed by atoms with E-state index in [0.29, 0.717) is 31.8 Å². The predicted molar refractivity (Wildman–Crippen MR) is 140 cm³/mol. The molecule has 0 saturated carbocycles. The first-order chi connectivity index (χ1) is 18.4. The second kappa shape index (κ2) is 10.0. The zero-order valence-corrected chi connectivity index (χ0v) is 21.3. The molecule has 0 radical (unpaired) electrons. The lowest BCUT2D eigenvalue weighted by molar-refractivity contribution is -0.190. The number of hydrogen-bond acceptors (Lipinski definition) is 8. The Morgan fingerprint density at radius 1 is 1.18 bits per heavy atom. The number of aromatic nitrogens is 1. The first-order valence-corrected chi connectivity index (χ1v) is 12.6. The quantitative estimate of drug-likeness (QED) is 0.231. The summed E-state index contributed by atoms with van der Waals surface area (Å²) in [5.41, 5.74) is 7.32. The van der Waals surface area contributed by atoms with Crippen molar-refractivity contribution in [3.63, 3.8) is 0 Å². The van der Waals surface area contributed by atoms with Gasteiger partial charge < -0.3 is 23.8 Å². The van der Waals surface area contributed by atoms with E-state index in [-0.39, 0.29) is 11.9 Å². The molecule has 1 aromatic carbocycles. The van der Waals surface area contributed by atoms with E-state index in [1.54, 1.807) is 18.7 Å². The minimum Gasteiger partial charge on any atom is -0.465 e. The van der Waals surface area contributed by atoms with Gasteiger partial charge in [-0.15, -0.1) is 0 Å². The molecule has 2 saturated heterocycles. The van der Waals surface area contributed by atoms with Crippen LogP contribution < -0.4 is 4.74 Å². The average molecular weight is 513 g/mol. The maximum absolute atomic E-state index is 12.5. The third-order valence-electron chi connectivity index (χ3n) is 6.90. The summed E-state index contributed by atoms with van der Waals surface area (Å²) in [5, 5.41) is 4.03. The van der Waals surface area contributed by atoms with Crippen LogP contribution in [0.2, 0.25) is 0 Å². The van der Waals surface area contributed by atoms with Crippen LogP contribution in [0.15, 0.2) is 94.7 Å². The Kier molecular flexibility index (Phi) is 6.43. The average Bonchev–Trinajstić information content (AvgIpc) is 3.47. The summed E-state index contributed by atoms with van der Waals surface area (Å²) in [7, 11) is 0. The van der Waals surface area contributed by atoms with Crippen molar-refractivity contribution in [3.8, 4) is 5.75 Å². The van der Waals surface area contributed by atoms with E-state index in [4.69, 9.17) is 23.8 Å². The number of rotatable bonds is 6. The first-order valence-electron chi connectivity index (χ1n) is 12.6. The molecule has 0 spiro atoms. The Labute approximate surface area is 220 Å². The van der Waals surface area contributed by atoms with Gasteiger partial charge in [-0.05, 0) is 72.7 Å². The van der Waals surface area contributed by atoms with Crippen molar-refractivity contribution in [2.45, 2.75) is 38.8 Å². The molecule has 2 atom stereocenters. The minimum atomic E-state index is -0.664. The molecule has 0 amide bonds. The van der Waals surface area contributed by atoms with Crippen LogP contribution in [0.3, 0.4) is 0 Å². The number of nitrogens with zero attached hydrogens (tertiary/aromatic N) is 2. The van der Waals surface area contributed by atoms with Gasteiger partial charge in [0.05, 0.1) is 18.4 Å². The zero-order valence-electron chi connectivity index (χ0n) is 21.3. The molecule has 6 rings (SSSR count). The van der Waals surface area contributed by atoms with Crippen molar-refractivity contribution in [1.82, 2.24) is 4.98 Å². The van der Waals surface area contributed by atoms with Crippen molar-refractivity contribution in [3.05, 3.63) is 101 Å². The topological polar surface area (TPSA) is 88.5 Å². The molecule has 8 nitrogen and oxygen atoms in total. The van der Waals surface area contributed by atoms with Crippen molar-refractivity contribution in [1.29, 1.82) is 0 Å². The second-order valence-corrected chi connectivity index (χ2v) is 10.0. The number of benzene rings is 1. The number of cyclic esters (lactones) is 1. The smallest absolute Gasteiger partial charge is 0.313 e. The molecule has 1 aromatic heterocycles. The highest BCUT2D eigenvalue weighted by Gasteiger charge is 2.40. The van der Waals surface area contributed by atoms with Crippen molar-refractivity contribution < 1.29 is 28.6 Å². The fourth-order valence-corrected chi connectivity index (χ4v) is 5.12. The molecule has 38 heavy (non-hydrogen) atoms.